The zero-order valence-electron chi connectivity index (χ0n) is 12.8. The van der Waals surface area contributed by atoms with E-state index in [1.807, 2.05) is 32.0 Å². The van der Waals surface area contributed by atoms with Crippen LogP contribution in [0.4, 0.5) is 10.9 Å². The summed E-state index contributed by atoms with van der Waals surface area (Å²) in [5.41, 5.74) is 1.79. The Morgan fingerprint density at radius 3 is 2.96 bits per heavy atom. The lowest BCUT2D eigenvalue weighted by molar-refractivity contribution is 0.0951. The summed E-state index contributed by atoms with van der Waals surface area (Å²) in [5.74, 6) is 1.26. The van der Waals surface area contributed by atoms with Crippen LogP contribution >= 0.6 is 11.3 Å². The Labute approximate surface area is 137 Å². The van der Waals surface area contributed by atoms with Crippen LogP contribution in [0.25, 0.3) is 0 Å². The SMILES string of the molecule is Cc1ccnc(Nc2nc(C)c(C(=O)NCc3ccco3)s2)c1. The van der Waals surface area contributed by atoms with Crippen LogP contribution in [0.5, 0.6) is 0 Å². The molecule has 0 radical (unpaired) electrons. The minimum Gasteiger partial charge on any atom is -0.467 e. The Morgan fingerprint density at radius 2 is 2.22 bits per heavy atom. The molecule has 3 aromatic rings. The predicted octanol–water partition coefficient (Wildman–Crippen LogP) is 3.42. The number of rotatable bonds is 5. The van der Waals surface area contributed by atoms with Gasteiger partial charge >= 0.3 is 0 Å². The summed E-state index contributed by atoms with van der Waals surface area (Å²) in [5, 5.41) is 6.59. The fourth-order valence-electron chi connectivity index (χ4n) is 2.04. The minimum atomic E-state index is -0.165. The molecule has 2 N–H and O–H groups in total. The van der Waals surface area contributed by atoms with E-state index in [1.54, 1.807) is 18.5 Å². The van der Waals surface area contributed by atoms with Crippen LogP contribution in [0.15, 0.2) is 41.1 Å². The highest BCUT2D eigenvalue weighted by molar-refractivity contribution is 7.17. The second-order valence-corrected chi connectivity index (χ2v) is 6.04. The number of aryl methyl sites for hydroxylation is 2. The van der Waals surface area contributed by atoms with Crippen molar-refractivity contribution in [1.29, 1.82) is 0 Å². The zero-order chi connectivity index (χ0) is 16.2. The van der Waals surface area contributed by atoms with Crippen molar-refractivity contribution in [1.82, 2.24) is 15.3 Å². The highest BCUT2D eigenvalue weighted by Crippen LogP contribution is 2.25. The second-order valence-electron chi connectivity index (χ2n) is 5.04. The van der Waals surface area contributed by atoms with Crippen molar-refractivity contribution in [3.63, 3.8) is 0 Å². The fraction of sp³-hybridized carbons (Fsp3) is 0.188. The van der Waals surface area contributed by atoms with Gasteiger partial charge in [-0.05, 0) is 43.7 Å². The molecule has 0 saturated heterocycles. The van der Waals surface area contributed by atoms with Crippen LogP contribution in [-0.4, -0.2) is 15.9 Å². The number of nitrogens with one attached hydrogen (secondary N) is 2. The van der Waals surface area contributed by atoms with E-state index in [2.05, 4.69) is 20.6 Å². The topological polar surface area (TPSA) is 80.0 Å². The number of furan rings is 1. The first-order chi connectivity index (χ1) is 11.1. The quantitative estimate of drug-likeness (QED) is 0.750. The van der Waals surface area contributed by atoms with Gasteiger partial charge in [-0.3, -0.25) is 4.79 Å². The molecule has 0 spiro atoms. The Hall–Kier alpha value is -2.67. The third kappa shape index (κ3) is 3.75. The maximum Gasteiger partial charge on any atom is 0.263 e. The number of pyridine rings is 1. The van der Waals surface area contributed by atoms with Gasteiger partial charge in [-0.15, -0.1) is 0 Å². The third-order valence-electron chi connectivity index (χ3n) is 3.16. The molecule has 0 aliphatic heterocycles. The van der Waals surface area contributed by atoms with E-state index in [0.717, 1.165) is 5.56 Å². The second kappa shape index (κ2) is 6.62. The van der Waals surface area contributed by atoms with E-state index in [0.29, 0.717) is 33.8 Å². The normalized spacial score (nSPS) is 10.5. The Balaban J connectivity index is 1.69. The minimum absolute atomic E-state index is 0.165. The molecule has 0 aliphatic rings. The summed E-state index contributed by atoms with van der Waals surface area (Å²) < 4.78 is 5.20. The van der Waals surface area contributed by atoms with E-state index in [4.69, 9.17) is 4.42 Å². The molecule has 0 atom stereocenters. The summed E-state index contributed by atoms with van der Waals surface area (Å²) in [7, 11) is 0. The van der Waals surface area contributed by atoms with Crippen LogP contribution in [0, 0.1) is 13.8 Å². The van der Waals surface area contributed by atoms with Crippen LogP contribution < -0.4 is 10.6 Å². The zero-order valence-corrected chi connectivity index (χ0v) is 13.6. The summed E-state index contributed by atoms with van der Waals surface area (Å²) in [6.07, 6.45) is 3.31. The highest BCUT2D eigenvalue weighted by atomic mass is 32.1. The number of anilines is 2. The van der Waals surface area contributed by atoms with Crippen molar-refractivity contribution < 1.29 is 9.21 Å². The van der Waals surface area contributed by atoms with E-state index in [-0.39, 0.29) is 5.91 Å². The largest absolute Gasteiger partial charge is 0.467 e. The number of hydrogen-bond donors (Lipinski definition) is 2. The van der Waals surface area contributed by atoms with E-state index in [1.165, 1.54) is 11.3 Å². The molecule has 118 valence electrons. The van der Waals surface area contributed by atoms with Crippen molar-refractivity contribution >= 4 is 28.2 Å². The maximum atomic E-state index is 12.3. The first-order valence-corrected chi connectivity index (χ1v) is 7.91. The van der Waals surface area contributed by atoms with Gasteiger partial charge in [-0.25, -0.2) is 9.97 Å². The molecule has 23 heavy (non-hydrogen) atoms. The predicted molar refractivity (Wildman–Crippen MR) is 89.0 cm³/mol. The fourth-order valence-corrected chi connectivity index (χ4v) is 2.93. The summed E-state index contributed by atoms with van der Waals surface area (Å²) in [6.45, 7) is 4.16. The molecule has 3 rings (SSSR count). The Bertz CT molecular complexity index is 811. The molecule has 0 aliphatic carbocycles. The van der Waals surface area contributed by atoms with E-state index >= 15 is 0 Å². The maximum absolute atomic E-state index is 12.3. The lowest BCUT2D eigenvalue weighted by Crippen LogP contribution is -2.22. The van der Waals surface area contributed by atoms with Crippen LogP contribution in [-0.2, 0) is 6.54 Å². The van der Waals surface area contributed by atoms with Crippen molar-refractivity contribution in [2.24, 2.45) is 0 Å². The molecule has 0 fully saturated rings. The molecule has 7 heteroatoms. The van der Waals surface area contributed by atoms with E-state index in [9.17, 15) is 4.79 Å². The van der Waals surface area contributed by atoms with Gasteiger partial charge in [0.05, 0.1) is 18.5 Å². The third-order valence-corrected chi connectivity index (χ3v) is 4.23. The first kappa shape index (κ1) is 15.2. The molecular formula is C16H16N4O2S. The van der Waals surface area contributed by atoms with Crippen molar-refractivity contribution in [3.8, 4) is 0 Å². The Kier molecular flexibility index (Phi) is 4.38. The average molecular weight is 328 g/mol. The molecular weight excluding hydrogens is 312 g/mol. The van der Waals surface area contributed by atoms with Gasteiger partial charge in [0.25, 0.3) is 5.91 Å². The standard InChI is InChI=1S/C16H16N4O2S/c1-10-5-6-17-13(8-10)20-16-19-11(2)14(23-16)15(21)18-9-12-4-3-7-22-12/h3-8H,9H2,1-2H3,(H,18,21)(H,17,19,20). The van der Waals surface area contributed by atoms with Crippen LogP contribution in [0.1, 0.15) is 26.7 Å². The number of amides is 1. The molecule has 6 nitrogen and oxygen atoms in total. The summed E-state index contributed by atoms with van der Waals surface area (Å²) in [6, 6.07) is 7.45. The van der Waals surface area contributed by atoms with Crippen molar-refractivity contribution in [2.75, 3.05) is 5.32 Å². The lowest BCUT2D eigenvalue weighted by atomic mass is 10.3. The molecule has 0 saturated carbocycles. The van der Waals surface area contributed by atoms with Crippen LogP contribution in [0.3, 0.4) is 0 Å². The summed E-state index contributed by atoms with van der Waals surface area (Å²) in [4.78, 5) is 21.4. The van der Waals surface area contributed by atoms with Gasteiger partial charge in [-0.2, -0.15) is 0 Å². The van der Waals surface area contributed by atoms with Crippen molar-refractivity contribution in [2.45, 2.75) is 20.4 Å². The van der Waals surface area contributed by atoms with Gasteiger partial charge in [0.2, 0.25) is 0 Å². The smallest absolute Gasteiger partial charge is 0.263 e. The molecule has 3 heterocycles. The lowest BCUT2D eigenvalue weighted by Gasteiger charge is -2.02. The number of thiazole rings is 1. The first-order valence-electron chi connectivity index (χ1n) is 7.09. The molecule has 3 aromatic heterocycles. The monoisotopic (exact) mass is 328 g/mol. The number of carbonyl (C=O) groups is 1. The number of aromatic nitrogens is 2. The average Bonchev–Trinajstić information content (AvgIpc) is 3.14. The van der Waals surface area contributed by atoms with E-state index < -0.39 is 0 Å². The number of nitrogens with zero attached hydrogens (tertiary/aromatic N) is 2. The Morgan fingerprint density at radius 1 is 1.35 bits per heavy atom. The van der Waals surface area contributed by atoms with Gasteiger partial charge in [0.15, 0.2) is 5.13 Å². The molecule has 0 bridgehead atoms. The molecule has 0 unspecified atom stereocenters. The van der Waals surface area contributed by atoms with Crippen molar-refractivity contribution in [3.05, 3.63) is 58.6 Å². The van der Waals surface area contributed by atoms with Gasteiger partial charge in [-0.1, -0.05) is 11.3 Å². The highest BCUT2D eigenvalue weighted by Gasteiger charge is 2.15. The molecule has 0 aromatic carbocycles. The van der Waals surface area contributed by atoms with Gasteiger partial charge < -0.3 is 15.1 Å². The van der Waals surface area contributed by atoms with Gasteiger partial charge in [0.1, 0.15) is 16.5 Å². The summed E-state index contributed by atoms with van der Waals surface area (Å²) >= 11 is 1.30. The molecule has 1 amide bonds. The van der Waals surface area contributed by atoms with Gasteiger partial charge in [0, 0.05) is 6.20 Å². The number of hydrogen-bond acceptors (Lipinski definition) is 6. The number of carbonyl (C=O) groups excluding carboxylic acids is 1. The van der Waals surface area contributed by atoms with Crippen LogP contribution in [0.2, 0.25) is 0 Å².